The van der Waals surface area contributed by atoms with Gasteiger partial charge < -0.3 is 9.47 Å². The maximum atomic E-state index is 12.4. The van der Waals surface area contributed by atoms with Crippen LogP contribution in [0.15, 0.2) is 0 Å². The van der Waals surface area contributed by atoms with E-state index in [-0.39, 0.29) is 16.3 Å². The summed E-state index contributed by atoms with van der Waals surface area (Å²) in [4.78, 5) is 24.6. The number of esters is 1. The Labute approximate surface area is 122 Å². The number of thioether (sulfide) groups is 2. The van der Waals surface area contributed by atoms with Crippen LogP contribution in [0.3, 0.4) is 0 Å². The molecule has 0 aliphatic carbocycles. The first-order valence-electron chi connectivity index (χ1n) is 6.62. The highest BCUT2D eigenvalue weighted by Crippen LogP contribution is 2.53. The normalized spacial score (nSPS) is 36.3. The van der Waals surface area contributed by atoms with Crippen molar-refractivity contribution in [2.45, 2.75) is 38.1 Å². The standard InChI is InChI=1S/C13H20O4S2/c1-4-16-10-8(2)13(9(3)14,11(15)17-10)12-18-6-5-7-19-12/h8,10,12H,4-7H2,1-3H3/t8-,10-,13-/m1/s1. The largest absolute Gasteiger partial charge is 0.435 e. The second kappa shape index (κ2) is 6.06. The van der Waals surface area contributed by atoms with Crippen LogP contribution in [0.5, 0.6) is 0 Å². The van der Waals surface area contributed by atoms with Gasteiger partial charge in [0.15, 0.2) is 5.41 Å². The van der Waals surface area contributed by atoms with Gasteiger partial charge >= 0.3 is 5.97 Å². The molecule has 2 heterocycles. The van der Waals surface area contributed by atoms with Crippen LogP contribution in [0.25, 0.3) is 0 Å². The minimum Gasteiger partial charge on any atom is -0.435 e. The van der Waals surface area contributed by atoms with Crippen molar-refractivity contribution in [3.05, 3.63) is 0 Å². The van der Waals surface area contributed by atoms with Gasteiger partial charge in [-0.25, -0.2) is 0 Å². The predicted octanol–water partition coefficient (Wildman–Crippen LogP) is 2.31. The van der Waals surface area contributed by atoms with Gasteiger partial charge in [-0.05, 0) is 31.8 Å². The lowest BCUT2D eigenvalue weighted by molar-refractivity contribution is -0.166. The third-order valence-electron chi connectivity index (χ3n) is 3.80. The number of ketones is 1. The molecule has 2 aliphatic heterocycles. The average molecular weight is 304 g/mol. The number of cyclic esters (lactones) is 1. The summed E-state index contributed by atoms with van der Waals surface area (Å²) >= 11 is 3.40. The maximum Gasteiger partial charge on any atom is 0.324 e. The summed E-state index contributed by atoms with van der Waals surface area (Å²) in [5.41, 5.74) is -1.05. The summed E-state index contributed by atoms with van der Waals surface area (Å²) < 4.78 is 10.8. The second-order valence-corrected chi connectivity index (χ2v) is 7.59. The van der Waals surface area contributed by atoms with Crippen molar-refractivity contribution < 1.29 is 19.1 Å². The average Bonchev–Trinajstić information content (AvgIpc) is 2.64. The van der Waals surface area contributed by atoms with Crippen molar-refractivity contribution in [1.82, 2.24) is 0 Å². The molecular weight excluding hydrogens is 284 g/mol. The second-order valence-electron chi connectivity index (χ2n) is 4.87. The number of Topliss-reactive ketones (excluding diaryl/α,β-unsaturated/α-hetero) is 1. The van der Waals surface area contributed by atoms with Crippen LogP contribution in [0.1, 0.15) is 27.2 Å². The molecule has 0 radical (unpaired) electrons. The van der Waals surface area contributed by atoms with E-state index in [0.29, 0.717) is 6.61 Å². The van der Waals surface area contributed by atoms with Crippen molar-refractivity contribution in [2.75, 3.05) is 18.1 Å². The lowest BCUT2D eigenvalue weighted by atomic mass is 9.76. The van der Waals surface area contributed by atoms with E-state index in [1.807, 2.05) is 13.8 Å². The number of carbonyl (C=O) groups is 2. The first-order valence-corrected chi connectivity index (χ1v) is 8.71. The molecule has 2 saturated heterocycles. The van der Waals surface area contributed by atoms with Crippen LogP contribution < -0.4 is 0 Å². The molecular formula is C13H20O4S2. The Morgan fingerprint density at radius 2 is 2.11 bits per heavy atom. The van der Waals surface area contributed by atoms with Gasteiger partial charge in [0.05, 0.1) is 4.58 Å². The molecule has 0 spiro atoms. The monoisotopic (exact) mass is 304 g/mol. The van der Waals surface area contributed by atoms with E-state index in [4.69, 9.17) is 9.47 Å². The lowest BCUT2D eigenvalue weighted by Crippen LogP contribution is -2.48. The summed E-state index contributed by atoms with van der Waals surface area (Å²) in [6, 6.07) is 0. The molecule has 3 atom stereocenters. The van der Waals surface area contributed by atoms with E-state index in [9.17, 15) is 9.59 Å². The van der Waals surface area contributed by atoms with Gasteiger partial charge in [0, 0.05) is 12.5 Å². The zero-order valence-corrected chi connectivity index (χ0v) is 13.1. The van der Waals surface area contributed by atoms with Crippen LogP contribution in [-0.2, 0) is 19.1 Å². The number of hydrogen-bond donors (Lipinski definition) is 0. The van der Waals surface area contributed by atoms with E-state index >= 15 is 0 Å². The summed E-state index contributed by atoms with van der Waals surface area (Å²) in [6.45, 7) is 5.73. The van der Waals surface area contributed by atoms with E-state index in [1.54, 1.807) is 23.5 Å². The molecule has 0 aromatic rings. The summed E-state index contributed by atoms with van der Waals surface area (Å²) in [6.07, 6.45) is 0.530. The van der Waals surface area contributed by atoms with Crippen LogP contribution >= 0.6 is 23.5 Å². The molecule has 0 aromatic carbocycles. The van der Waals surface area contributed by atoms with Gasteiger partial charge in [0.25, 0.3) is 0 Å². The summed E-state index contributed by atoms with van der Waals surface area (Å²) in [5.74, 6) is 1.25. The van der Waals surface area contributed by atoms with Crippen molar-refractivity contribution in [3.8, 4) is 0 Å². The number of hydrogen-bond acceptors (Lipinski definition) is 6. The van der Waals surface area contributed by atoms with Crippen molar-refractivity contribution in [1.29, 1.82) is 0 Å². The molecule has 2 aliphatic rings. The first-order chi connectivity index (χ1) is 9.05. The molecule has 108 valence electrons. The topological polar surface area (TPSA) is 52.6 Å². The molecule has 2 fully saturated rings. The molecule has 0 N–H and O–H groups in total. The van der Waals surface area contributed by atoms with E-state index in [0.717, 1.165) is 17.9 Å². The van der Waals surface area contributed by atoms with Gasteiger partial charge in [-0.2, -0.15) is 0 Å². The summed E-state index contributed by atoms with van der Waals surface area (Å²) in [7, 11) is 0. The SMILES string of the molecule is CCO[C@@H]1OC(=O)[C@@](C(C)=O)(C2SCCCS2)[C@@H]1C. The zero-order valence-electron chi connectivity index (χ0n) is 11.5. The fraction of sp³-hybridized carbons (Fsp3) is 0.846. The first kappa shape index (κ1) is 15.2. The Hall–Kier alpha value is -0.200. The van der Waals surface area contributed by atoms with Crippen LogP contribution in [0.4, 0.5) is 0 Å². The molecule has 2 rings (SSSR count). The smallest absolute Gasteiger partial charge is 0.324 e. The third-order valence-corrected chi connectivity index (χ3v) is 7.01. The van der Waals surface area contributed by atoms with Crippen molar-refractivity contribution in [2.24, 2.45) is 11.3 Å². The molecule has 0 amide bonds. The van der Waals surface area contributed by atoms with Crippen molar-refractivity contribution in [3.63, 3.8) is 0 Å². The van der Waals surface area contributed by atoms with E-state index in [2.05, 4.69) is 0 Å². The van der Waals surface area contributed by atoms with Crippen LogP contribution in [0.2, 0.25) is 0 Å². The van der Waals surface area contributed by atoms with Gasteiger partial charge in [0.1, 0.15) is 5.78 Å². The fourth-order valence-corrected chi connectivity index (χ4v) is 6.41. The molecule has 6 heteroatoms. The summed E-state index contributed by atoms with van der Waals surface area (Å²) in [5, 5.41) is 0. The quantitative estimate of drug-likeness (QED) is 0.587. The van der Waals surface area contributed by atoms with Gasteiger partial charge in [-0.3, -0.25) is 9.59 Å². The Morgan fingerprint density at radius 1 is 1.47 bits per heavy atom. The van der Waals surface area contributed by atoms with Gasteiger partial charge in [-0.1, -0.05) is 6.92 Å². The molecule has 4 nitrogen and oxygen atoms in total. The number of ether oxygens (including phenoxy) is 2. The molecule has 19 heavy (non-hydrogen) atoms. The maximum absolute atomic E-state index is 12.4. The van der Waals surface area contributed by atoms with Crippen LogP contribution in [-0.4, -0.2) is 40.7 Å². The van der Waals surface area contributed by atoms with Gasteiger partial charge in [0.2, 0.25) is 6.29 Å². The van der Waals surface area contributed by atoms with Crippen molar-refractivity contribution >= 4 is 35.3 Å². The molecule has 0 bridgehead atoms. The highest BCUT2D eigenvalue weighted by atomic mass is 32.2. The Morgan fingerprint density at radius 3 is 2.63 bits per heavy atom. The van der Waals surface area contributed by atoms with Gasteiger partial charge in [-0.15, -0.1) is 23.5 Å². The lowest BCUT2D eigenvalue weighted by Gasteiger charge is -2.36. The highest BCUT2D eigenvalue weighted by Gasteiger charge is 2.63. The Bertz CT molecular complexity index is 368. The van der Waals surface area contributed by atoms with Crippen LogP contribution in [0, 0.1) is 11.3 Å². The molecule has 0 aromatic heterocycles. The molecule has 0 unspecified atom stereocenters. The van der Waals surface area contributed by atoms with E-state index < -0.39 is 17.7 Å². The minimum atomic E-state index is -1.05. The van der Waals surface area contributed by atoms with E-state index in [1.165, 1.54) is 6.92 Å². The number of rotatable bonds is 4. The zero-order chi connectivity index (χ0) is 14.0. The fourth-order valence-electron chi connectivity index (χ4n) is 2.74. The third kappa shape index (κ3) is 2.43. The molecule has 0 saturated carbocycles. The number of carbonyl (C=O) groups excluding carboxylic acids is 2. The predicted molar refractivity (Wildman–Crippen MR) is 77.1 cm³/mol. The Balaban J connectivity index is 2.32. The minimum absolute atomic E-state index is 0.0493. The highest BCUT2D eigenvalue weighted by molar-refractivity contribution is 8.17. The Kier molecular flexibility index (Phi) is 4.84.